The molecule has 4 nitrogen and oxygen atoms in total. The first kappa shape index (κ1) is 22.3. The van der Waals surface area contributed by atoms with Crippen LogP contribution in [0.25, 0.3) is 10.9 Å². The molecule has 1 aliphatic rings. The van der Waals surface area contributed by atoms with Crippen LogP contribution in [0, 0.1) is 13.8 Å². The second-order valence-corrected chi connectivity index (χ2v) is 8.66. The molecule has 0 saturated heterocycles. The fourth-order valence-corrected chi connectivity index (χ4v) is 5.32. The zero-order valence-electron chi connectivity index (χ0n) is 17.6. The van der Waals surface area contributed by atoms with E-state index in [0.717, 1.165) is 12.3 Å². The lowest BCUT2D eigenvalue weighted by Gasteiger charge is -2.22. The number of fused-ring (bicyclic) bond motifs is 1. The summed E-state index contributed by atoms with van der Waals surface area (Å²) < 4.78 is 9.75. The molecule has 2 aromatic carbocycles. The summed E-state index contributed by atoms with van der Waals surface area (Å²) in [6.45, 7) is 5.79. The summed E-state index contributed by atoms with van der Waals surface area (Å²) in [6.07, 6.45) is 6.96. The molecule has 158 valence electrons. The van der Waals surface area contributed by atoms with Crippen LogP contribution >= 0.6 is 15.9 Å². The lowest BCUT2D eigenvalue weighted by Crippen LogP contribution is -2.10. The van der Waals surface area contributed by atoms with Crippen molar-refractivity contribution in [3.63, 3.8) is 0 Å². The van der Waals surface area contributed by atoms with Crippen LogP contribution in [-0.4, -0.2) is 17.3 Å². The fourth-order valence-electron chi connectivity index (χ4n) is 4.42. The number of nitrogens with zero attached hydrogens (tertiary/aromatic N) is 1. The molecule has 0 bridgehead atoms. The van der Waals surface area contributed by atoms with Crippen LogP contribution in [-0.2, 0) is 16.1 Å². The number of ether oxygens (including phenoxy) is 1. The van der Waals surface area contributed by atoms with E-state index in [1.807, 2.05) is 6.07 Å². The van der Waals surface area contributed by atoms with Gasteiger partial charge in [0.05, 0.1) is 11.1 Å². The first-order chi connectivity index (χ1) is 14.6. The van der Waals surface area contributed by atoms with Gasteiger partial charge >= 0.3 is 6.15 Å². The van der Waals surface area contributed by atoms with Crippen molar-refractivity contribution in [2.24, 2.45) is 0 Å². The molecule has 1 saturated carbocycles. The molecule has 1 fully saturated rings. The molecule has 0 aliphatic heterocycles. The predicted octanol–water partition coefficient (Wildman–Crippen LogP) is 6.56. The largest absolute Gasteiger partial charge is 0.491 e. The number of halogens is 1. The molecule has 0 radical (unpaired) electrons. The zero-order chi connectivity index (χ0) is 21.5. The van der Waals surface area contributed by atoms with Gasteiger partial charge in [0.15, 0.2) is 0 Å². The molecule has 1 aromatic heterocycles. The quantitative estimate of drug-likeness (QED) is 0.424. The van der Waals surface area contributed by atoms with Gasteiger partial charge < -0.3 is 9.30 Å². The molecule has 5 heteroatoms. The van der Waals surface area contributed by atoms with Crippen LogP contribution in [0.5, 0.6) is 5.75 Å². The number of hydrogen-bond acceptors (Lipinski definition) is 3. The van der Waals surface area contributed by atoms with E-state index in [0.29, 0.717) is 12.5 Å². The average molecular weight is 470 g/mol. The molecular weight excluding hydrogens is 442 g/mol. The van der Waals surface area contributed by atoms with Gasteiger partial charge in [0, 0.05) is 10.9 Å². The molecular formula is C25H28BrNO3. The lowest BCUT2D eigenvalue weighted by atomic mass is 9.84. The highest BCUT2D eigenvalue weighted by molar-refractivity contribution is 9.10. The maximum Gasteiger partial charge on any atom is 0.373 e. The van der Waals surface area contributed by atoms with Gasteiger partial charge in [-0.15, -0.1) is 0 Å². The van der Waals surface area contributed by atoms with E-state index in [2.05, 4.69) is 70.7 Å². The molecule has 0 atom stereocenters. The molecule has 1 aliphatic carbocycles. The number of benzene rings is 2. The summed E-state index contributed by atoms with van der Waals surface area (Å²) in [5.41, 5.74) is 5.34. The minimum Gasteiger partial charge on any atom is -0.491 e. The maximum atomic E-state index is 8.12. The minimum atomic E-state index is 0.250. The van der Waals surface area contributed by atoms with Gasteiger partial charge in [0.1, 0.15) is 12.4 Å². The summed E-state index contributed by atoms with van der Waals surface area (Å²) in [5, 5.41) is 1.41. The second-order valence-electron chi connectivity index (χ2n) is 7.91. The standard InChI is InChI=1S/C24H28BrNO.CO2/c1-17-12-13-20-21(16-17)26(14-15-27-22-11-7-6-8-18(22)2)24(25)23(20)19-9-4-3-5-10-19;2-1-3/h6-8,11-13,16,19H,3-5,9-10,14-15H2,1-2H3;. The van der Waals surface area contributed by atoms with Crippen LogP contribution in [0.2, 0.25) is 0 Å². The van der Waals surface area contributed by atoms with Gasteiger partial charge in [0.25, 0.3) is 0 Å². The second kappa shape index (κ2) is 10.6. The zero-order valence-corrected chi connectivity index (χ0v) is 19.2. The smallest absolute Gasteiger partial charge is 0.373 e. The first-order valence-corrected chi connectivity index (χ1v) is 11.3. The molecule has 1 heterocycles. The summed E-state index contributed by atoms with van der Waals surface area (Å²) in [6, 6.07) is 15.1. The van der Waals surface area contributed by atoms with Gasteiger partial charge in [-0.3, -0.25) is 0 Å². The van der Waals surface area contributed by atoms with Crippen molar-refractivity contribution in [3.05, 3.63) is 63.8 Å². The highest BCUT2D eigenvalue weighted by Gasteiger charge is 2.24. The van der Waals surface area contributed by atoms with E-state index in [1.165, 1.54) is 64.3 Å². The van der Waals surface area contributed by atoms with Crippen molar-refractivity contribution >= 4 is 33.0 Å². The Balaban J connectivity index is 0.000000806. The van der Waals surface area contributed by atoms with Gasteiger partial charge in [0.2, 0.25) is 0 Å². The van der Waals surface area contributed by atoms with Crippen molar-refractivity contribution in [1.29, 1.82) is 0 Å². The first-order valence-electron chi connectivity index (χ1n) is 10.5. The van der Waals surface area contributed by atoms with Gasteiger partial charge in [-0.2, -0.15) is 9.59 Å². The third kappa shape index (κ3) is 5.03. The monoisotopic (exact) mass is 469 g/mol. The number of aromatic nitrogens is 1. The van der Waals surface area contributed by atoms with E-state index in [1.54, 1.807) is 0 Å². The SMILES string of the molecule is Cc1ccc2c(C3CCCCC3)c(Br)n(CCOc3ccccc3C)c2c1.O=C=O. The number of rotatable bonds is 5. The van der Waals surface area contributed by atoms with Gasteiger partial charge in [-0.05, 0) is 77.4 Å². The van der Waals surface area contributed by atoms with Crippen LogP contribution < -0.4 is 4.74 Å². The van der Waals surface area contributed by atoms with Gasteiger partial charge in [-0.1, -0.05) is 49.6 Å². The highest BCUT2D eigenvalue weighted by Crippen LogP contribution is 2.42. The fraction of sp³-hybridized carbons (Fsp3) is 0.400. The Hall–Kier alpha value is -2.36. The minimum absolute atomic E-state index is 0.250. The average Bonchev–Trinajstić information content (AvgIpc) is 3.01. The number of hydrogen-bond donors (Lipinski definition) is 0. The molecule has 4 rings (SSSR count). The van der Waals surface area contributed by atoms with Crippen LogP contribution in [0.1, 0.15) is 54.7 Å². The third-order valence-corrected chi connectivity index (χ3v) is 6.73. The van der Waals surface area contributed by atoms with E-state index in [9.17, 15) is 0 Å². The number of aryl methyl sites for hydroxylation is 2. The Morgan fingerprint density at radius 3 is 2.47 bits per heavy atom. The Morgan fingerprint density at radius 2 is 1.77 bits per heavy atom. The molecule has 30 heavy (non-hydrogen) atoms. The summed E-state index contributed by atoms with van der Waals surface area (Å²) in [4.78, 5) is 16.2. The number of para-hydroxylation sites is 1. The van der Waals surface area contributed by atoms with Crippen molar-refractivity contribution < 1.29 is 14.3 Å². The van der Waals surface area contributed by atoms with E-state index in [4.69, 9.17) is 14.3 Å². The van der Waals surface area contributed by atoms with E-state index < -0.39 is 0 Å². The van der Waals surface area contributed by atoms with Crippen molar-refractivity contribution in [2.75, 3.05) is 6.61 Å². The Labute approximate surface area is 186 Å². The normalized spacial score (nSPS) is 14.1. The van der Waals surface area contributed by atoms with Crippen LogP contribution in [0.15, 0.2) is 47.1 Å². The molecule has 0 spiro atoms. The van der Waals surface area contributed by atoms with Crippen molar-refractivity contribution in [1.82, 2.24) is 4.57 Å². The Morgan fingerprint density at radius 1 is 1.07 bits per heavy atom. The summed E-state index contributed by atoms with van der Waals surface area (Å²) in [7, 11) is 0. The van der Waals surface area contributed by atoms with E-state index >= 15 is 0 Å². The van der Waals surface area contributed by atoms with E-state index in [-0.39, 0.29) is 6.15 Å². The molecule has 0 amide bonds. The summed E-state index contributed by atoms with van der Waals surface area (Å²) in [5.74, 6) is 1.66. The van der Waals surface area contributed by atoms with Crippen LogP contribution in [0.4, 0.5) is 0 Å². The number of carbonyl (C=O) groups excluding carboxylic acids is 2. The highest BCUT2D eigenvalue weighted by atomic mass is 79.9. The Bertz CT molecular complexity index is 1030. The third-order valence-electron chi connectivity index (χ3n) is 5.87. The van der Waals surface area contributed by atoms with Crippen LogP contribution in [0.3, 0.4) is 0 Å². The molecule has 0 N–H and O–H groups in total. The lowest BCUT2D eigenvalue weighted by molar-refractivity contribution is -0.191. The molecule has 0 unspecified atom stereocenters. The molecule has 3 aromatic rings. The van der Waals surface area contributed by atoms with Gasteiger partial charge in [-0.25, -0.2) is 0 Å². The maximum absolute atomic E-state index is 8.12. The predicted molar refractivity (Wildman–Crippen MR) is 122 cm³/mol. The topological polar surface area (TPSA) is 48.3 Å². The summed E-state index contributed by atoms with van der Waals surface area (Å²) >= 11 is 3.96. The van der Waals surface area contributed by atoms with Crippen molar-refractivity contribution in [3.8, 4) is 5.75 Å². The van der Waals surface area contributed by atoms with Crippen molar-refractivity contribution in [2.45, 2.75) is 58.4 Å². The Kier molecular flexibility index (Phi) is 7.89.